The molecule has 0 saturated heterocycles. The van der Waals surface area contributed by atoms with Crippen molar-refractivity contribution in [3.63, 3.8) is 0 Å². The average Bonchev–Trinajstić information content (AvgIpc) is 2.13. The standard InChI is InChI=1S/C10H13ClF3N3/c11-8-5-7(15)6-9(17-8)16-4-2-1-3-10(12,13)14/h5-6H,1-4H2,(H3,15,16,17). The highest BCUT2D eigenvalue weighted by atomic mass is 35.5. The van der Waals surface area contributed by atoms with Gasteiger partial charge in [0.2, 0.25) is 0 Å². The summed E-state index contributed by atoms with van der Waals surface area (Å²) in [7, 11) is 0. The number of halogens is 4. The molecule has 0 aliphatic rings. The Balaban J connectivity index is 2.27. The van der Waals surface area contributed by atoms with Crippen LogP contribution < -0.4 is 11.1 Å². The number of nitrogens with one attached hydrogen (secondary N) is 1. The van der Waals surface area contributed by atoms with Gasteiger partial charge in [0.25, 0.3) is 0 Å². The first-order valence-electron chi connectivity index (χ1n) is 5.10. The molecule has 0 bridgehead atoms. The average molecular weight is 268 g/mol. The van der Waals surface area contributed by atoms with Crippen molar-refractivity contribution >= 4 is 23.1 Å². The fourth-order valence-electron chi connectivity index (χ4n) is 1.27. The van der Waals surface area contributed by atoms with E-state index in [1.54, 1.807) is 6.07 Å². The third-order valence-corrected chi connectivity index (χ3v) is 2.20. The number of nitrogens with two attached hydrogens (primary N) is 1. The first kappa shape index (κ1) is 13.9. The molecule has 0 spiro atoms. The quantitative estimate of drug-likeness (QED) is 0.634. The van der Waals surface area contributed by atoms with Crippen LogP contribution in [-0.2, 0) is 0 Å². The maximum Gasteiger partial charge on any atom is 0.389 e. The van der Waals surface area contributed by atoms with Crippen molar-refractivity contribution in [1.82, 2.24) is 4.98 Å². The first-order valence-corrected chi connectivity index (χ1v) is 5.48. The van der Waals surface area contributed by atoms with Gasteiger partial charge in [-0.2, -0.15) is 13.2 Å². The molecule has 1 aromatic rings. The van der Waals surface area contributed by atoms with Gasteiger partial charge >= 0.3 is 6.18 Å². The Morgan fingerprint density at radius 3 is 2.59 bits per heavy atom. The third kappa shape index (κ3) is 6.21. The zero-order valence-electron chi connectivity index (χ0n) is 9.02. The number of unbranched alkanes of at least 4 members (excludes halogenated alkanes) is 1. The van der Waals surface area contributed by atoms with Gasteiger partial charge in [-0.15, -0.1) is 0 Å². The summed E-state index contributed by atoms with van der Waals surface area (Å²) in [4.78, 5) is 3.93. The van der Waals surface area contributed by atoms with E-state index in [4.69, 9.17) is 17.3 Å². The number of rotatable bonds is 5. The third-order valence-electron chi connectivity index (χ3n) is 2.01. The smallest absolute Gasteiger partial charge is 0.389 e. The molecule has 3 nitrogen and oxygen atoms in total. The summed E-state index contributed by atoms with van der Waals surface area (Å²) in [6.45, 7) is 0.406. The molecule has 0 unspecified atom stereocenters. The number of nitrogen functional groups attached to an aromatic ring is 1. The molecule has 1 aromatic heterocycles. The van der Waals surface area contributed by atoms with Gasteiger partial charge in [0.05, 0.1) is 0 Å². The van der Waals surface area contributed by atoms with Gasteiger partial charge in [0.1, 0.15) is 11.0 Å². The predicted molar refractivity (Wildman–Crippen MR) is 62.1 cm³/mol. The highest BCUT2D eigenvalue weighted by molar-refractivity contribution is 6.29. The fraction of sp³-hybridized carbons (Fsp3) is 0.500. The Bertz CT molecular complexity index is 348. The van der Waals surface area contributed by atoms with Crippen molar-refractivity contribution in [2.75, 3.05) is 17.6 Å². The van der Waals surface area contributed by atoms with Crippen LogP contribution in [0.2, 0.25) is 5.15 Å². The van der Waals surface area contributed by atoms with Crippen LogP contribution in [0.25, 0.3) is 0 Å². The zero-order chi connectivity index (χ0) is 12.9. The minimum atomic E-state index is -4.08. The lowest BCUT2D eigenvalue weighted by molar-refractivity contribution is -0.135. The van der Waals surface area contributed by atoms with Crippen LogP contribution >= 0.6 is 11.6 Å². The highest BCUT2D eigenvalue weighted by Gasteiger charge is 2.25. The van der Waals surface area contributed by atoms with Gasteiger partial charge in [-0.1, -0.05) is 11.6 Å². The lowest BCUT2D eigenvalue weighted by Crippen LogP contribution is -2.09. The Morgan fingerprint density at radius 2 is 2.00 bits per heavy atom. The molecule has 3 N–H and O–H groups in total. The van der Waals surface area contributed by atoms with E-state index in [-0.39, 0.29) is 11.6 Å². The number of nitrogens with zero attached hydrogens (tertiary/aromatic N) is 1. The maximum absolute atomic E-state index is 11.8. The number of alkyl halides is 3. The normalized spacial score (nSPS) is 11.5. The molecule has 96 valence electrons. The van der Waals surface area contributed by atoms with Crippen molar-refractivity contribution in [3.05, 3.63) is 17.3 Å². The van der Waals surface area contributed by atoms with Crippen molar-refractivity contribution in [3.8, 4) is 0 Å². The second kappa shape index (κ2) is 5.95. The van der Waals surface area contributed by atoms with Gasteiger partial charge in [0, 0.05) is 24.7 Å². The van der Waals surface area contributed by atoms with Crippen LogP contribution in [0.1, 0.15) is 19.3 Å². The van der Waals surface area contributed by atoms with Crippen LogP contribution in [-0.4, -0.2) is 17.7 Å². The predicted octanol–water partition coefficient (Wildman–Crippen LogP) is 3.46. The molecule has 0 aromatic carbocycles. The monoisotopic (exact) mass is 267 g/mol. The Labute approximate surface area is 102 Å². The van der Waals surface area contributed by atoms with Gasteiger partial charge in [-0.05, 0) is 18.9 Å². The Hall–Kier alpha value is -1.17. The van der Waals surface area contributed by atoms with Crippen molar-refractivity contribution < 1.29 is 13.2 Å². The largest absolute Gasteiger partial charge is 0.399 e. The second-order valence-corrected chi connectivity index (χ2v) is 3.99. The summed E-state index contributed by atoms with van der Waals surface area (Å²) >= 11 is 5.67. The molecule has 1 heterocycles. The molecule has 0 fully saturated rings. The molecule has 0 saturated carbocycles. The van der Waals surface area contributed by atoms with E-state index >= 15 is 0 Å². The van der Waals surface area contributed by atoms with E-state index in [2.05, 4.69) is 10.3 Å². The van der Waals surface area contributed by atoms with Crippen molar-refractivity contribution in [1.29, 1.82) is 0 Å². The van der Waals surface area contributed by atoms with Crippen LogP contribution in [0.15, 0.2) is 12.1 Å². The van der Waals surface area contributed by atoms with E-state index in [9.17, 15) is 13.2 Å². The highest BCUT2D eigenvalue weighted by Crippen LogP contribution is 2.22. The number of hydrogen-bond acceptors (Lipinski definition) is 3. The van der Waals surface area contributed by atoms with Crippen LogP contribution in [0.4, 0.5) is 24.7 Å². The molecule has 7 heteroatoms. The summed E-state index contributed by atoms with van der Waals surface area (Å²) < 4.78 is 35.5. The summed E-state index contributed by atoms with van der Waals surface area (Å²) in [5.74, 6) is 0.474. The molecule has 17 heavy (non-hydrogen) atoms. The fourth-order valence-corrected chi connectivity index (χ4v) is 1.49. The number of pyridine rings is 1. The Morgan fingerprint density at radius 1 is 1.29 bits per heavy atom. The summed E-state index contributed by atoms with van der Waals surface area (Å²) in [5, 5.41) is 3.12. The zero-order valence-corrected chi connectivity index (χ0v) is 9.78. The van der Waals surface area contributed by atoms with Crippen LogP contribution in [0.5, 0.6) is 0 Å². The molecule has 0 amide bonds. The van der Waals surface area contributed by atoms with Crippen LogP contribution in [0, 0.1) is 0 Å². The molecular formula is C10H13ClF3N3. The van der Waals surface area contributed by atoms with E-state index in [1.807, 2.05) is 0 Å². The number of anilines is 2. The molecule has 0 aliphatic carbocycles. The van der Waals surface area contributed by atoms with Gasteiger partial charge in [0.15, 0.2) is 0 Å². The molecule has 0 radical (unpaired) electrons. The number of hydrogen-bond donors (Lipinski definition) is 2. The SMILES string of the molecule is Nc1cc(Cl)nc(NCCCCC(F)(F)F)c1. The molecule has 1 rings (SSSR count). The summed E-state index contributed by atoms with van der Waals surface area (Å²) in [6.07, 6.45) is -4.35. The first-order chi connectivity index (χ1) is 7.87. The summed E-state index contributed by atoms with van der Waals surface area (Å²) in [5.41, 5.74) is 5.99. The van der Waals surface area contributed by atoms with Crippen molar-refractivity contribution in [2.45, 2.75) is 25.4 Å². The van der Waals surface area contributed by atoms with E-state index in [0.29, 0.717) is 24.5 Å². The van der Waals surface area contributed by atoms with Gasteiger partial charge in [-0.3, -0.25) is 0 Å². The van der Waals surface area contributed by atoms with E-state index < -0.39 is 12.6 Å². The lowest BCUT2D eigenvalue weighted by Gasteiger charge is -2.08. The summed E-state index contributed by atoms with van der Waals surface area (Å²) in [6, 6.07) is 3.08. The minimum Gasteiger partial charge on any atom is -0.399 e. The lowest BCUT2D eigenvalue weighted by atomic mass is 10.2. The Kier molecular flexibility index (Phi) is 4.86. The van der Waals surface area contributed by atoms with Crippen LogP contribution in [0.3, 0.4) is 0 Å². The maximum atomic E-state index is 11.8. The molecule has 0 aliphatic heterocycles. The topological polar surface area (TPSA) is 50.9 Å². The van der Waals surface area contributed by atoms with Gasteiger partial charge in [-0.25, -0.2) is 4.98 Å². The van der Waals surface area contributed by atoms with E-state index in [1.165, 1.54) is 6.07 Å². The van der Waals surface area contributed by atoms with E-state index in [0.717, 1.165) is 0 Å². The second-order valence-electron chi connectivity index (χ2n) is 3.61. The van der Waals surface area contributed by atoms with Crippen molar-refractivity contribution in [2.24, 2.45) is 0 Å². The molecule has 0 atom stereocenters. The number of aromatic nitrogens is 1. The van der Waals surface area contributed by atoms with Gasteiger partial charge < -0.3 is 11.1 Å². The minimum absolute atomic E-state index is 0.0898. The molecular weight excluding hydrogens is 255 g/mol.